The Morgan fingerprint density at radius 2 is 1.95 bits per heavy atom. The standard InChI is InChI=1S/C13H12FN7O/c14-9-3-1-2-4-10(9)21-13(8-20-16-5-6-17-20)18-12(19-21)7-11(15)22/h1-6H,7-8H2,(H2,15,22). The molecule has 0 aliphatic carbocycles. The maximum atomic E-state index is 14.0. The van der Waals surface area contributed by atoms with Crippen LogP contribution in [0.4, 0.5) is 4.39 Å². The fraction of sp³-hybridized carbons (Fsp3) is 0.154. The summed E-state index contributed by atoms with van der Waals surface area (Å²) in [5.41, 5.74) is 5.39. The quantitative estimate of drug-likeness (QED) is 0.718. The molecule has 1 amide bonds. The van der Waals surface area contributed by atoms with Crippen LogP contribution in [-0.2, 0) is 17.8 Å². The van der Waals surface area contributed by atoms with Gasteiger partial charge in [0, 0.05) is 0 Å². The molecule has 3 aromatic rings. The van der Waals surface area contributed by atoms with Gasteiger partial charge >= 0.3 is 0 Å². The number of nitrogens with two attached hydrogens (primary N) is 1. The first-order chi connectivity index (χ1) is 10.6. The van der Waals surface area contributed by atoms with Crippen LogP contribution in [-0.4, -0.2) is 35.7 Å². The van der Waals surface area contributed by atoms with Gasteiger partial charge in [0.2, 0.25) is 5.91 Å². The molecular weight excluding hydrogens is 289 g/mol. The van der Waals surface area contributed by atoms with E-state index >= 15 is 0 Å². The van der Waals surface area contributed by atoms with Crippen LogP contribution in [0.5, 0.6) is 0 Å². The van der Waals surface area contributed by atoms with E-state index in [4.69, 9.17) is 5.73 Å². The van der Waals surface area contributed by atoms with E-state index in [1.807, 2.05) is 0 Å². The van der Waals surface area contributed by atoms with Gasteiger partial charge in [-0.25, -0.2) is 14.1 Å². The Labute approximate surface area is 124 Å². The number of carbonyl (C=O) groups excluding carboxylic acids is 1. The summed E-state index contributed by atoms with van der Waals surface area (Å²) in [5.74, 6) is -0.391. The van der Waals surface area contributed by atoms with Crippen molar-refractivity contribution in [3.8, 4) is 5.69 Å². The molecule has 0 saturated carbocycles. The number of para-hydroxylation sites is 1. The maximum Gasteiger partial charge on any atom is 0.225 e. The minimum atomic E-state index is -0.561. The van der Waals surface area contributed by atoms with Crippen molar-refractivity contribution in [1.82, 2.24) is 29.8 Å². The third kappa shape index (κ3) is 2.82. The van der Waals surface area contributed by atoms with Crippen LogP contribution in [0.15, 0.2) is 36.7 Å². The monoisotopic (exact) mass is 301 g/mol. The van der Waals surface area contributed by atoms with Gasteiger partial charge in [0.1, 0.15) is 18.0 Å². The number of aromatic nitrogens is 6. The molecule has 0 bridgehead atoms. The Bertz CT molecular complexity index is 797. The summed E-state index contributed by atoms with van der Waals surface area (Å²) < 4.78 is 15.3. The van der Waals surface area contributed by atoms with Crippen LogP contribution in [0.1, 0.15) is 11.6 Å². The third-order valence-corrected chi connectivity index (χ3v) is 2.88. The number of halogens is 1. The second kappa shape index (κ2) is 5.72. The first-order valence-electron chi connectivity index (χ1n) is 6.45. The van der Waals surface area contributed by atoms with Gasteiger partial charge in [-0.05, 0) is 12.1 Å². The smallest absolute Gasteiger partial charge is 0.225 e. The van der Waals surface area contributed by atoms with Crippen LogP contribution in [0.25, 0.3) is 5.69 Å². The molecule has 0 unspecified atom stereocenters. The van der Waals surface area contributed by atoms with E-state index in [1.54, 1.807) is 18.2 Å². The highest BCUT2D eigenvalue weighted by molar-refractivity contribution is 5.75. The molecule has 1 aromatic carbocycles. The maximum absolute atomic E-state index is 14.0. The molecule has 2 aromatic heterocycles. The van der Waals surface area contributed by atoms with Gasteiger partial charge in [-0.3, -0.25) is 4.79 Å². The summed E-state index contributed by atoms with van der Waals surface area (Å²) in [5, 5.41) is 12.1. The zero-order chi connectivity index (χ0) is 15.5. The molecular formula is C13H12FN7O. The van der Waals surface area contributed by atoms with Crippen molar-refractivity contribution in [3.05, 3.63) is 54.1 Å². The molecule has 22 heavy (non-hydrogen) atoms. The van der Waals surface area contributed by atoms with E-state index in [-0.39, 0.29) is 24.5 Å². The molecule has 0 aliphatic heterocycles. The second-order valence-corrected chi connectivity index (χ2v) is 4.51. The first kappa shape index (κ1) is 13.9. The van der Waals surface area contributed by atoms with E-state index in [1.165, 1.54) is 27.9 Å². The van der Waals surface area contributed by atoms with Crippen molar-refractivity contribution in [1.29, 1.82) is 0 Å². The predicted molar refractivity (Wildman–Crippen MR) is 73.3 cm³/mol. The Morgan fingerprint density at radius 1 is 1.23 bits per heavy atom. The zero-order valence-electron chi connectivity index (χ0n) is 11.4. The number of rotatable bonds is 5. The van der Waals surface area contributed by atoms with Gasteiger partial charge in [0.25, 0.3) is 0 Å². The molecule has 0 radical (unpaired) electrons. The van der Waals surface area contributed by atoms with Crippen LogP contribution in [0.3, 0.4) is 0 Å². The van der Waals surface area contributed by atoms with Gasteiger partial charge in [-0.2, -0.15) is 20.1 Å². The average Bonchev–Trinajstić information content (AvgIpc) is 3.09. The van der Waals surface area contributed by atoms with Crippen molar-refractivity contribution in [3.63, 3.8) is 0 Å². The minimum Gasteiger partial charge on any atom is -0.369 e. The summed E-state index contributed by atoms with van der Waals surface area (Å²) >= 11 is 0. The third-order valence-electron chi connectivity index (χ3n) is 2.88. The van der Waals surface area contributed by atoms with Gasteiger partial charge in [-0.1, -0.05) is 12.1 Å². The predicted octanol–water partition coefficient (Wildman–Crippen LogP) is 0.0740. The Kier molecular flexibility index (Phi) is 3.60. The highest BCUT2D eigenvalue weighted by Crippen LogP contribution is 2.15. The lowest BCUT2D eigenvalue weighted by Gasteiger charge is -2.06. The number of benzene rings is 1. The molecule has 0 saturated heterocycles. The molecule has 2 N–H and O–H groups in total. The molecule has 0 aliphatic rings. The van der Waals surface area contributed by atoms with E-state index in [0.29, 0.717) is 5.82 Å². The largest absolute Gasteiger partial charge is 0.369 e. The number of hydrogen-bond donors (Lipinski definition) is 1. The zero-order valence-corrected chi connectivity index (χ0v) is 11.4. The SMILES string of the molecule is NC(=O)Cc1nc(Cn2nccn2)n(-c2ccccc2F)n1. The molecule has 8 nitrogen and oxygen atoms in total. The highest BCUT2D eigenvalue weighted by Gasteiger charge is 2.16. The topological polar surface area (TPSA) is 105 Å². The summed E-state index contributed by atoms with van der Waals surface area (Å²) in [4.78, 5) is 16.6. The van der Waals surface area contributed by atoms with Gasteiger partial charge < -0.3 is 5.73 Å². The molecule has 9 heteroatoms. The number of hydrogen-bond acceptors (Lipinski definition) is 5. The van der Waals surface area contributed by atoms with Crippen molar-refractivity contribution in [2.75, 3.05) is 0 Å². The molecule has 0 fully saturated rings. The van der Waals surface area contributed by atoms with Crippen LogP contribution in [0, 0.1) is 5.82 Å². The van der Waals surface area contributed by atoms with Gasteiger partial charge in [-0.15, -0.1) is 0 Å². The van der Waals surface area contributed by atoms with Crippen molar-refractivity contribution in [2.24, 2.45) is 5.73 Å². The van der Waals surface area contributed by atoms with Crippen molar-refractivity contribution in [2.45, 2.75) is 13.0 Å². The summed E-state index contributed by atoms with van der Waals surface area (Å²) in [7, 11) is 0. The summed E-state index contributed by atoms with van der Waals surface area (Å²) in [6.07, 6.45) is 2.92. The van der Waals surface area contributed by atoms with Crippen molar-refractivity contribution >= 4 is 5.91 Å². The normalized spacial score (nSPS) is 10.8. The highest BCUT2D eigenvalue weighted by atomic mass is 19.1. The van der Waals surface area contributed by atoms with E-state index in [2.05, 4.69) is 20.3 Å². The lowest BCUT2D eigenvalue weighted by Crippen LogP contribution is -2.14. The summed E-state index contributed by atoms with van der Waals surface area (Å²) in [6.45, 7) is 0.188. The van der Waals surface area contributed by atoms with E-state index in [0.717, 1.165) is 0 Å². The number of amides is 1. The molecule has 3 rings (SSSR count). The molecule has 0 atom stereocenters. The minimum absolute atomic E-state index is 0.124. The van der Waals surface area contributed by atoms with Gasteiger partial charge in [0.05, 0.1) is 18.8 Å². The lowest BCUT2D eigenvalue weighted by atomic mass is 10.3. The number of primary amides is 1. The Hall–Kier alpha value is -3.10. The van der Waals surface area contributed by atoms with E-state index in [9.17, 15) is 9.18 Å². The van der Waals surface area contributed by atoms with E-state index < -0.39 is 11.7 Å². The fourth-order valence-corrected chi connectivity index (χ4v) is 1.99. The lowest BCUT2D eigenvalue weighted by molar-refractivity contribution is -0.117. The second-order valence-electron chi connectivity index (χ2n) is 4.51. The fourth-order valence-electron chi connectivity index (χ4n) is 1.99. The van der Waals surface area contributed by atoms with Crippen LogP contribution >= 0.6 is 0 Å². The summed E-state index contributed by atoms with van der Waals surface area (Å²) in [6, 6.07) is 6.15. The average molecular weight is 301 g/mol. The number of nitrogens with zero attached hydrogens (tertiary/aromatic N) is 6. The number of carbonyl (C=O) groups is 1. The molecule has 0 spiro atoms. The van der Waals surface area contributed by atoms with Gasteiger partial charge in [0.15, 0.2) is 11.6 Å². The molecule has 112 valence electrons. The first-order valence-corrected chi connectivity index (χ1v) is 6.45. The van der Waals surface area contributed by atoms with Crippen molar-refractivity contribution < 1.29 is 9.18 Å². The Balaban J connectivity index is 2.04. The van der Waals surface area contributed by atoms with Crippen LogP contribution in [0.2, 0.25) is 0 Å². The molecule has 2 heterocycles. The van der Waals surface area contributed by atoms with Crippen LogP contribution < -0.4 is 5.73 Å². The Morgan fingerprint density at radius 3 is 2.64 bits per heavy atom.